The van der Waals surface area contributed by atoms with E-state index in [4.69, 9.17) is 0 Å². The Morgan fingerprint density at radius 3 is 1.54 bits per heavy atom. The number of hydrogen-bond acceptors (Lipinski definition) is 1. The molecule has 3 heterocycles. The number of hydrogen-bond donors (Lipinski definition) is 0. The van der Waals surface area contributed by atoms with Crippen molar-refractivity contribution in [2.24, 2.45) is 0 Å². The molecule has 0 radical (unpaired) electrons. The van der Waals surface area contributed by atoms with Gasteiger partial charge in [0.1, 0.15) is 0 Å². The van der Waals surface area contributed by atoms with Crippen LogP contribution in [0.4, 0.5) is 0 Å². The number of para-hydroxylation sites is 2. The Morgan fingerprint density at radius 1 is 0.279 bits per heavy atom. The Labute approximate surface area is 356 Å². The molecule has 13 rings (SSSR count). The molecular weight excluding hydrogens is 757 g/mol. The Hall–Kier alpha value is -7.72. The van der Waals surface area contributed by atoms with Crippen molar-refractivity contribution in [2.75, 3.05) is 0 Å². The highest BCUT2D eigenvalue weighted by Crippen LogP contribution is 2.43. The maximum absolute atomic E-state index is 2.46. The van der Waals surface area contributed by atoms with E-state index in [9.17, 15) is 0 Å². The van der Waals surface area contributed by atoms with Gasteiger partial charge >= 0.3 is 0 Å². The van der Waals surface area contributed by atoms with E-state index in [0.717, 1.165) is 11.4 Å². The van der Waals surface area contributed by atoms with E-state index >= 15 is 0 Å². The second-order valence-electron chi connectivity index (χ2n) is 16.1. The monoisotopic (exact) mass is 792 g/mol. The highest BCUT2D eigenvalue weighted by atomic mass is 32.1. The first-order valence-electron chi connectivity index (χ1n) is 20.9. The minimum absolute atomic E-state index is 1.14. The molecule has 3 heteroatoms. The summed E-state index contributed by atoms with van der Waals surface area (Å²) in [5.41, 5.74) is 14.5. The standard InChI is InChI=1S/C58H36N2S/c1-2-11-40-34-41(21-20-37(40)10-1)38-22-30-45(31-23-38)60-55-33-27-42(39-24-28-44(29-25-39)59-53-17-6-3-12-47(53)48-13-4-7-18-54(48)59)35-52(55)49-32-26-43(36-56(49)60)46-15-9-16-51-50-14-5-8-19-57(50)61-58(46)51/h1-36H. The first-order valence-corrected chi connectivity index (χ1v) is 21.7. The summed E-state index contributed by atoms with van der Waals surface area (Å²) in [5.74, 6) is 0. The topological polar surface area (TPSA) is 9.86 Å². The van der Waals surface area contributed by atoms with Crippen LogP contribution in [0.2, 0.25) is 0 Å². The van der Waals surface area contributed by atoms with E-state index in [1.54, 1.807) is 0 Å². The summed E-state index contributed by atoms with van der Waals surface area (Å²) >= 11 is 1.89. The van der Waals surface area contributed by atoms with Crippen LogP contribution >= 0.6 is 11.3 Å². The highest BCUT2D eigenvalue weighted by Gasteiger charge is 2.18. The van der Waals surface area contributed by atoms with Gasteiger partial charge in [0.05, 0.1) is 22.1 Å². The number of aromatic nitrogens is 2. The van der Waals surface area contributed by atoms with Gasteiger partial charge in [0.2, 0.25) is 0 Å². The van der Waals surface area contributed by atoms with Crippen LogP contribution in [0.1, 0.15) is 0 Å². The lowest BCUT2D eigenvalue weighted by molar-refractivity contribution is 1.18. The molecule has 0 atom stereocenters. The van der Waals surface area contributed by atoms with Crippen LogP contribution in [0.15, 0.2) is 218 Å². The summed E-state index contributed by atoms with van der Waals surface area (Å²) < 4.78 is 7.49. The van der Waals surface area contributed by atoms with Crippen molar-refractivity contribution in [1.82, 2.24) is 9.13 Å². The zero-order valence-electron chi connectivity index (χ0n) is 33.1. The fraction of sp³-hybridized carbons (Fsp3) is 0. The summed E-state index contributed by atoms with van der Waals surface area (Å²) in [7, 11) is 0. The fourth-order valence-corrected chi connectivity index (χ4v) is 11.0. The van der Waals surface area contributed by atoms with E-state index in [1.807, 2.05) is 11.3 Å². The Balaban J connectivity index is 0.961. The van der Waals surface area contributed by atoms with Gasteiger partial charge in [0.15, 0.2) is 0 Å². The SMILES string of the molecule is c1ccc2cc(-c3ccc(-n4c5ccc(-c6ccc(-n7c8ccccc8c8ccccc87)cc6)cc5c5ccc(-c6cccc7c6sc6ccccc67)cc54)cc3)ccc2c1. The predicted octanol–water partition coefficient (Wildman–Crippen LogP) is 16.4. The lowest BCUT2D eigenvalue weighted by atomic mass is 10.00. The second-order valence-corrected chi connectivity index (χ2v) is 17.2. The van der Waals surface area contributed by atoms with Gasteiger partial charge < -0.3 is 9.13 Å². The van der Waals surface area contributed by atoms with Crippen LogP contribution < -0.4 is 0 Å². The van der Waals surface area contributed by atoms with Crippen molar-refractivity contribution in [3.8, 4) is 44.8 Å². The van der Waals surface area contributed by atoms with Crippen molar-refractivity contribution in [3.63, 3.8) is 0 Å². The van der Waals surface area contributed by atoms with Crippen molar-refractivity contribution < 1.29 is 0 Å². The highest BCUT2D eigenvalue weighted by molar-refractivity contribution is 7.26. The predicted molar refractivity (Wildman–Crippen MR) is 262 cm³/mol. The minimum Gasteiger partial charge on any atom is -0.309 e. The van der Waals surface area contributed by atoms with Crippen molar-refractivity contribution >= 4 is 85.9 Å². The lowest BCUT2D eigenvalue weighted by Gasteiger charge is -2.12. The maximum atomic E-state index is 2.46. The molecule has 0 bridgehead atoms. The number of benzene rings is 10. The summed E-state index contributed by atoms with van der Waals surface area (Å²) in [4.78, 5) is 0. The van der Waals surface area contributed by atoms with Crippen molar-refractivity contribution in [1.29, 1.82) is 0 Å². The number of thiophene rings is 1. The third kappa shape index (κ3) is 5.34. The molecule has 3 aromatic heterocycles. The third-order valence-corrected chi connectivity index (χ3v) is 13.9. The van der Waals surface area contributed by atoms with Crippen LogP contribution in [0.3, 0.4) is 0 Å². The second kappa shape index (κ2) is 13.4. The molecule has 2 nitrogen and oxygen atoms in total. The van der Waals surface area contributed by atoms with Gasteiger partial charge in [-0.15, -0.1) is 11.3 Å². The molecule has 0 fully saturated rings. The minimum atomic E-state index is 1.14. The molecule has 0 unspecified atom stereocenters. The summed E-state index contributed by atoms with van der Waals surface area (Å²) in [6.07, 6.45) is 0. The number of fused-ring (bicyclic) bond motifs is 10. The summed E-state index contributed by atoms with van der Waals surface area (Å²) in [6.45, 7) is 0. The first kappa shape index (κ1) is 34.2. The Bertz CT molecular complexity index is 3810. The normalized spacial score (nSPS) is 11.9. The van der Waals surface area contributed by atoms with E-state index < -0.39 is 0 Å². The molecule has 61 heavy (non-hydrogen) atoms. The molecule has 0 aliphatic heterocycles. The van der Waals surface area contributed by atoms with Gasteiger partial charge in [0.25, 0.3) is 0 Å². The van der Waals surface area contributed by atoms with Gasteiger partial charge in [-0.25, -0.2) is 0 Å². The molecule has 0 saturated heterocycles. The molecule has 0 spiro atoms. The van der Waals surface area contributed by atoms with Crippen molar-refractivity contribution in [2.45, 2.75) is 0 Å². The van der Waals surface area contributed by atoms with Gasteiger partial charge in [-0.05, 0) is 111 Å². The molecule has 13 aromatic rings. The van der Waals surface area contributed by atoms with Gasteiger partial charge in [0, 0.05) is 53.1 Å². The molecule has 0 aliphatic rings. The van der Waals surface area contributed by atoms with Gasteiger partial charge in [-0.2, -0.15) is 0 Å². The zero-order chi connectivity index (χ0) is 40.0. The largest absolute Gasteiger partial charge is 0.309 e. The fourth-order valence-electron chi connectivity index (χ4n) is 9.80. The molecule has 10 aromatic carbocycles. The van der Waals surface area contributed by atoms with E-state index in [-0.39, 0.29) is 0 Å². The number of rotatable bonds is 5. The maximum Gasteiger partial charge on any atom is 0.0547 e. The number of nitrogens with zero attached hydrogens (tertiary/aromatic N) is 2. The molecule has 0 N–H and O–H groups in total. The molecular formula is C58H36N2S. The van der Waals surface area contributed by atoms with Crippen molar-refractivity contribution in [3.05, 3.63) is 218 Å². The van der Waals surface area contributed by atoms with E-state index in [2.05, 4.69) is 228 Å². The Kier molecular flexibility index (Phi) is 7.51. The van der Waals surface area contributed by atoms with E-state index in [0.29, 0.717) is 0 Å². The quantitative estimate of drug-likeness (QED) is 0.164. The zero-order valence-corrected chi connectivity index (χ0v) is 33.9. The molecule has 0 aliphatic carbocycles. The summed E-state index contributed by atoms with van der Waals surface area (Å²) in [5, 5.41) is 10.2. The van der Waals surface area contributed by atoms with Gasteiger partial charge in [-0.1, -0.05) is 152 Å². The Morgan fingerprint density at radius 2 is 0.803 bits per heavy atom. The van der Waals surface area contributed by atoms with Crippen LogP contribution in [0, 0.1) is 0 Å². The lowest BCUT2D eigenvalue weighted by Crippen LogP contribution is -1.94. The van der Waals surface area contributed by atoms with Crippen LogP contribution in [0.5, 0.6) is 0 Å². The molecule has 284 valence electrons. The third-order valence-electron chi connectivity index (χ3n) is 12.7. The molecule has 0 amide bonds. The average molecular weight is 793 g/mol. The van der Waals surface area contributed by atoms with Crippen LogP contribution in [0.25, 0.3) is 119 Å². The smallest absolute Gasteiger partial charge is 0.0547 e. The average Bonchev–Trinajstić information content (AvgIpc) is 3.99. The van der Waals surface area contributed by atoms with Crippen LogP contribution in [-0.4, -0.2) is 9.13 Å². The van der Waals surface area contributed by atoms with Gasteiger partial charge in [-0.3, -0.25) is 0 Å². The summed E-state index contributed by atoms with van der Waals surface area (Å²) in [6, 6.07) is 80.5. The van der Waals surface area contributed by atoms with Crippen LogP contribution in [-0.2, 0) is 0 Å². The first-order chi connectivity index (χ1) is 30.2. The molecule has 0 saturated carbocycles. The van der Waals surface area contributed by atoms with E-state index in [1.165, 1.54) is 108 Å².